The van der Waals surface area contributed by atoms with Crippen LogP contribution in [0.4, 0.5) is 5.69 Å². The van der Waals surface area contributed by atoms with Gasteiger partial charge in [0.05, 0.1) is 5.69 Å². The summed E-state index contributed by atoms with van der Waals surface area (Å²) in [6.45, 7) is 9.43. The van der Waals surface area contributed by atoms with Gasteiger partial charge in [0, 0.05) is 37.4 Å². The van der Waals surface area contributed by atoms with Crippen molar-refractivity contribution in [2.75, 3.05) is 31.1 Å². The number of aryl methyl sites for hydroxylation is 3. The molecule has 0 aliphatic carbocycles. The molecule has 5 heteroatoms. The molecule has 144 valence electrons. The van der Waals surface area contributed by atoms with E-state index in [4.69, 9.17) is 0 Å². The predicted octanol–water partition coefficient (Wildman–Crippen LogP) is 3.96. The van der Waals surface area contributed by atoms with Crippen molar-refractivity contribution < 1.29 is 4.79 Å². The number of nitrogens with zero attached hydrogens (tertiary/aromatic N) is 3. The molecule has 4 rings (SSSR count). The van der Waals surface area contributed by atoms with Crippen molar-refractivity contribution in [3.8, 4) is 11.3 Å². The molecule has 1 saturated heterocycles. The first-order chi connectivity index (χ1) is 13.5. The van der Waals surface area contributed by atoms with Crippen molar-refractivity contribution in [1.29, 1.82) is 0 Å². The fraction of sp³-hybridized carbons (Fsp3) is 0.304. The predicted molar refractivity (Wildman–Crippen MR) is 113 cm³/mol. The van der Waals surface area contributed by atoms with Crippen LogP contribution < -0.4 is 4.90 Å². The third-order valence-corrected chi connectivity index (χ3v) is 5.43. The molecular weight excluding hydrogens is 348 g/mol. The fourth-order valence-electron chi connectivity index (χ4n) is 3.68. The minimum Gasteiger partial charge on any atom is -0.368 e. The lowest BCUT2D eigenvalue weighted by atomic mass is 10.1. The zero-order chi connectivity index (χ0) is 19.7. The largest absolute Gasteiger partial charge is 0.368 e. The van der Waals surface area contributed by atoms with Gasteiger partial charge in [-0.2, -0.15) is 5.10 Å². The number of hydrogen-bond donors (Lipinski definition) is 1. The number of aromatic amines is 1. The monoisotopic (exact) mass is 374 g/mol. The number of benzene rings is 2. The molecule has 1 fully saturated rings. The maximum Gasteiger partial charge on any atom is 0.272 e. The van der Waals surface area contributed by atoms with Crippen LogP contribution in [0.5, 0.6) is 0 Å². The summed E-state index contributed by atoms with van der Waals surface area (Å²) in [4.78, 5) is 17.2. The highest BCUT2D eigenvalue weighted by Crippen LogP contribution is 2.24. The Balaban J connectivity index is 1.43. The Morgan fingerprint density at radius 2 is 1.57 bits per heavy atom. The topological polar surface area (TPSA) is 52.2 Å². The van der Waals surface area contributed by atoms with Crippen LogP contribution in [-0.2, 0) is 0 Å². The molecule has 1 aliphatic rings. The number of hydrogen-bond acceptors (Lipinski definition) is 3. The third-order valence-electron chi connectivity index (χ3n) is 5.43. The lowest BCUT2D eigenvalue weighted by Crippen LogP contribution is -2.49. The first kappa shape index (κ1) is 18.3. The Kier molecular flexibility index (Phi) is 4.90. The minimum atomic E-state index is 0.0199. The number of rotatable bonds is 3. The highest BCUT2D eigenvalue weighted by Gasteiger charge is 2.24. The van der Waals surface area contributed by atoms with Crippen molar-refractivity contribution in [2.24, 2.45) is 0 Å². The van der Waals surface area contributed by atoms with Crippen molar-refractivity contribution in [3.05, 3.63) is 70.9 Å². The standard InChI is InChI=1S/C23H26N4O/c1-16-5-8-19(9-6-16)20-15-21(25-24-20)23(28)27-12-10-26(11-13-27)22-14-17(2)4-7-18(22)3/h4-9,14-15H,10-13H2,1-3H3,(H,24,25). The molecule has 1 aliphatic heterocycles. The van der Waals surface area contributed by atoms with E-state index in [0.29, 0.717) is 18.8 Å². The van der Waals surface area contributed by atoms with Gasteiger partial charge in [0.25, 0.3) is 5.91 Å². The van der Waals surface area contributed by atoms with Gasteiger partial charge >= 0.3 is 0 Å². The van der Waals surface area contributed by atoms with Gasteiger partial charge in [0.2, 0.25) is 0 Å². The number of aromatic nitrogens is 2. The second-order valence-corrected chi connectivity index (χ2v) is 7.60. The maximum atomic E-state index is 12.9. The van der Waals surface area contributed by atoms with Crippen LogP contribution in [0.15, 0.2) is 48.5 Å². The summed E-state index contributed by atoms with van der Waals surface area (Å²) < 4.78 is 0. The summed E-state index contributed by atoms with van der Waals surface area (Å²) >= 11 is 0. The number of carbonyl (C=O) groups excluding carboxylic acids is 1. The highest BCUT2D eigenvalue weighted by molar-refractivity contribution is 5.93. The Bertz CT molecular complexity index is 982. The summed E-state index contributed by atoms with van der Waals surface area (Å²) in [5.74, 6) is 0.0199. The van der Waals surface area contributed by atoms with Crippen LogP contribution in [0, 0.1) is 20.8 Å². The van der Waals surface area contributed by atoms with E-state index in [2.05, 4.69) is 66.2 Å². The zero-order valence-electron chi connectivity index (χ0n) is 16.7. The first-order valence-corrected chi connectivity index (χ1v) is 9.75. The average Bonchev–Trinajstić information content (AvgIpc) is 3.20. The van der Waals surface area contributed by atoms with E-state index in [1.807, 2.05) is 23.1 Å². The Hall–Kier alpha value is -3.08. The van der Waals surface area contributed by atoms with E-state index in [1.54, 1.807) is 0 Å². The molecule has 3 aromatic rings. The molecule has 0 atom stereocenters. The molecule has 2 aromatic carbocycles. The summed E-state index contributed by atoms with van der Waals surface area (Å²) in [5, 5.41) is 7.25. The van der Waals surface area contributed by atoms with Gasteiger partial charge in [-0.25, -0.2) is 0 Å². The second-order valence-electron chi connectivity index (χ2n) is 7.60. The van der Waals surface area contributed by atoms with E-state index in [1.165, 1.54) is 22.4 Å². The van der Waals surface area contributed by atoms with Crippen LogP contribution in [0.3, 0.4) is 0 Å². The Morgan fingerprint density at radius 1 is 0.893 bits per heavy atom. The van der Waals surface area contributed by atoms with E-state index in [9.17, 15) is 4.79 Å². The summed E-state index contributed by atoms with van der Waals surface area (Å²) in [6.07, 6.45) is 0. The molecule has 0 spiro atoms. The second kappa shape index (κ2) is 7.50. The number of amides is 1. The lowest BCUT2D eigenvalue weighted by Gasteiger charge is -2.36. The Labute approximate surface area is 166 Å². The minimum absolute atomic E-state index is 0.0199. The SMILES string of the molecule is Cc1ccc(-c2cc(C(=O)N3CCN(c4cc(C)ccc4C)CC3)[nH]n2)cc1. The van der Waals surface area contributed by atoms with Gasteiger partial charge < -0.3 is 9.80 Å². The van der Waals surface area contributed by atoms with E-state index >= 15 is 0 Å². The maximum absolute atomic E-state index is 12.9. The van der Waals surface area contributed by atoms with Crippen molar-refractivity contribution in [1.82, 2.24) is 15.1 Å². The van der Waals surface area contributed by atoms with Gasteiger partial charge in [0.15, 0.2) is 0 Å². The van der Waals surface area contributed by atoms with Crippen LogP contribution in [-0.4, -0.2) is 47.2 Å². The first-order valence-electron chi connectivity index (χ1n) is 9.75. The molecule has 0 bridgehead atoms. The molecule has 1 amide bonds. The zero-order valence-corrected chi connectivity index (χ0v) is 16.7. The Morgan fingerprint density at radius 3 is 2.29 bits per heavy atom. The third kappa shape index (κ3) is 3.65. The summed E-state index contributed by atoms with van der Waals surface area (Å²) in [6, 6.07) is 16.6. The molecule has 0 saturated carbocycles. The van der Waals surface area contributed by atoms with Crippen molar-refractivity contribution >= 4 is 11.6 Å². The van der Waals surface area contributed by atoms with Crippen LogP contribution in [0.1, 0.15) is 27.2 Å². The van der Waals surface area contributed by atoms with Gasteiger partial charge in [-0.05, 0) is 44.0 Å². The van der Waals surface area contributed by atoms with Gasteiger partial charge in [-0.3, -0.25) is 9.89 Å². The fourth-order valence-corrected chi connectivity index (χ4v) is 3.68. The molecule has 1 N–H and O–H groups in total. The van der Waals surface area contributed by atoms with Crippen molar-refractivity contribution in [3.63, 3.8) is 0 Å². The van der Waals surface area contributed by atoms with Crippen LogP contribution >= 0.6 is 0 Å². The molecule has 2 heterocycles. The number of carbonyl (C=O) groups is 1. The summed E-state index contributed by atoms with van der Waals surface area (Å²) in [5.41, 5.74) is 7.39. The number of H-pyrrole nitrogens is 1. The smallest absolute Gasteiger partial charge is 0.272 e. The van der Waals surface area contributed by atoms with Gasteiger partial charge in [-0.15, -0.1) is 0 Å². The summed E-state index contributed by atoms with van der Waals surface area (Å²) in [7, 11) is 0. The normalized spacial score (nSPS) is 14.4. The molecule has 5 nitrogen and oxygen atoms in total. The molecule has 0 radical (unpaired) electrons. The van der Waals surface area contributed by atoms with Gasteiger partial charge in [0.1, 0.15) is 5.69 Å². The van der Waals surface area contributed by atoms with Crippen LogP contribution in [0.25, 0.3) is 11.3 Å². The van der Waals surface area contributed by atoms with E-state index < -0.39 is 0 Å². The van der Waals surface area contributed by atoms with E-state index in [-0.39, 0.29) is 5.91 Å². The quantitative estimate of drug-likeness (QED) is 0.755. The average molecular weight is 374 g/mol. The van der Waals surface area contributed by atoms with Crippen molar-refractivity contribution in [2.45, 2.75) is 20.8 Å². The number of nitrogens with one attached hydrogen (secondary N) is 1. The van der Waals surface area contributed by atoms with E-state index in [0.717, 1.165) is 24.3 Å². The molecule has 1 aromatic heterocycles. The molecular formula is C23H26N4O. The number of piperazine rings is 1. The van der Waals surface area contributed by atoms with Crippen LogP contribution in [0.2, 0.25) is 0 Å². The number of anilines is 1. The van der Waals surface area contributed by atoms with Gasteiger partial charge in [-0.1, -0.05) is 42.0 Å². The molecule has 28 heavy (non-hydrogen) atoms. The molecule has 0 unspecified atom stereocenters. The highest BCUT2D eigenvalue weighted by atomic mass is 16.2. The lowest BCUT2D eigenvalue weighted by molar-refractivity contribution is 0.0741.